The molecule has 184 valence electrons. The molecule has 2 N–H and O–H groups in total. The highest BCUT2D eigenvalue weighted by molar-refractivity contribution is 7.35. The molecule has 1 fully saturated rings. The Hall–Kier alpha value is -3.81. The summed E-state index contributed by atoms with van der Waals surface area (Å²) < 4.78 is 19.5. The van der Waals surface area contributed by atoms with Crippen LogP contribution in [0.25, 0.3) is 10.8 Å². The topological polar surface area (TPSA) is 119 Å². The van der Waals surface area contributed by atoms with Crippen LogP contribution >= 0.6 is 8.19 Å². The molecule has 4 aromatic rings. The lowest BCUT2D eigenvalue weighted by atomic mass is 10.1. The maximum Gasteiger partial charge on any atom is 0.338 e. The molecular weight excluding hydrogens is 479 g/mol. The Morgan fingerprint density at radius 2 is 1.67 bits per heavy atom. The molecule has 9 nitrogen and oxygen atoms in total. The second-order valence-corrected chi connectivity index (χ2v) is 9.63. The van der Waals surface area contributed by atoms with Crippen LogP contribution in [0.2, 0.25) is 0 Å². The van der Waals surface area contributed by atoms with E-state index in [2.05, 4.69) is 9.97 Å². The van der Waals surface area contributed by atoms with E-state index in [1.165, 1.54) is 6.33 Å². The number of nitrogens with two attached hydrogens (primary N) is 1. The first-order valence-electron chi connectivity index (χ1n) is 11.5. The maximum absolute atomic E-state index is 12.9. The van der Waals surface area contributed by atoms with Gasteiger partial charge < -0.3 is 24.5 Å². The SMILES string of the molecule is Cc1ccc(C(=O)OC[C@H]2O[C@H](n3cpc4ncnc(N)c43)C[C@@H]2OC(=O)c2ccc(C)cc2)cc1. The van der Waals surface area contributed by atoms with Gasteiger partial charge in [-0.25, -0.2) is 19.6 Å². The molecule has 1 aliphatic heterocycles. The van der Waals surface area contributed by atoms with Crippen LogP contribution in [0.1, 0.15) is 44.5 Å². The summed E-state index contributed by atoms with van der Waals surface area (Å²) in [6, 6.07) is 14.3. The smallest absolute Gasteiger partial charge is 0.338 e. The molecule has 0 aliphatic carbocycles. The van der Waals surface area contributed by atoms with Crippen molar-refractivity contribution in [3.8, 4) is 0 Å². The Bertz CT molecular complexity index is 1400. The average Bonchev–Trinajstić information content (AvgIpc) is 3.48. The first-order valence-corrected chi connectivity index (χ1v) is 12.5. The fourth-order valence-corrected chi connectivity index (χ4v) is 5.06. The summed E-state index contributed by atoms with van der Waals surface area (Å²) in [5.41, 5.74) is 9.75. The molecule has 0 radical (unpaired) electrons. The number of rotatable bonds is 6. The number of nitrogens with zero attached hydrogens (tertiary/aromatic N) is 3. The third-order valence-corrected chi connectivity index (χ3v) is 7.03. The van der Waals surface area contributed by atoms with E-state index in [0.717, 1.165) is 24.6 Å². The lowest BCUT2D eigenvalue weighted by Gasteiger charge is -2.19. The third-order valence-electron chi connectivity index (χ3n) is 6.10. The Balaban J connectivity index is 1.36. The second-order valence-electron chi connectivity index (χ2n) is 8.72. The quantitative estimate of drug-likeness (QED) is 0.379. The van der Waals surface area contributed by atoms with Crippen LogP contribution in [-0.2, 0) is 14.2 Å². The number of benzene rings is 2. The van der Waals surface area contributed by atoms with Gasteiger partial charge in [0, 0.05) is 12.3 Å². The summed E-state index contributed by atoms with van der Waals surface area (Å²) in [6.45, 7) is 3.82. The summed E-state index contributed by atoms with van der Waals surface area (Å²) in [5, 5.41) is 0.772. The van der Waals surface area contributed by atoms with Gasteiger partial charge in [0.2, 0.25) is 0 Å². The fraction of sp³-hybridized carbons (Fsp3) is 0.269. The Morgan fingerprint density at radius 1 is 1.03 bits per heavy atom. The molecule has 10 heteroatoms. The van der Waals surface area contributed by atoms with E-state index in [9.17, 15) is 9.59 Å². The maximum atomic E-state index is 12.9. The molecule has 0 amide bonds. The van der Waals surface area contributed by atoms with E-state index < -0.39 is 30.4 Å². The molecular formula is C26H25N4O5P. The summed E-state index contributed by atoms with van der Waals surface area (Å²) in [6.07, 6.45) is -0.0308. The van der Waals surface area contributed by atoms with Gasteiger partial charge in [-0.05, 0) is 46.3 Å². The van der Waals surface area contributed by atoms with Crippen LogP contribution < -0.4 is 5.73 Å². The zero-order valence-corrected chi connectivity index (χ0v) is 20.7. The molecule has 3 atom stereocenters. The highest BCUT2D eigenvalue weighted by atomic mass is 31.0. The monoisotopic (exact) mass is 504 g/mol. The zero-order chi connectivity index (χ0) is 25.2. The predicted molar refractivity (Wildman–Crippen MR) is 135 cm³/mol. The van der Waals surface area contributed by atoms with Gasteiger partial charge in [0.05, 0.1) is 11.1 Å². The minimum Gasteiger partial charge on any atom is -0.459 e. The van der Waals surface area contributed by atoms with Crippen molar-refractivity contribution < 1.29 is 23.8 Å². The van der Waals surface area contributed by atoms with Crippen LogP contribution in [0.3, 0.4) is 0 Å². The van der Waals surface area contributed by atoms with E-state index >= 15 is 0 Å². The minimum absolute atomic E-state index is 0.0752. The molecule has 2 aromatic carbocycles. The lowest BCUT2D eigenvalue weighted by Crippen LogP contribution is -2.32. The molecule has 3 heterocycles. The highest BCUT2D eigenvalue weighted by Gasteiger charge is 2.40. The Morgan fingerprint density at radius 3 is 2.33 bits per heavy atom. The van der Waals surface area contributed by atoms with Crippen LogP contribution in [0.5, 0.6) is 0 Å². The number of carbonyl (C=O) groups is 2. The lowest BCUT2D eigenvalue weighted by molar-refractivity contribution is -0.0559. The van der Waals surface area contributed by atoms with Gasteiger partial charge >= 0.3 is 11.9 Å². The second kappa shape index (κ2) is 10.0. The Labute approximate surface area is 209 Å². The summed E-state index contributed by atoms with van der Waals surface area (Å²) >= 11 is 0. The number of hydrogen-bond donors (Lipinski definition) is 1. The van der Waals surface area contributed by atoms with Crippen molar-refractivity contribution in [2.45, 2.75) is 38.7 Å². The van der Waals surface area contributed by atoms with Crippen molar-refractivity contribution in [1.29, 1.82) is 0 Å². The standard InChI is InChI=1S/C26H25N4O5P/c1-15-3-7-17(8-4-15)25(31)33-12-20-19(35-26(32)18-9-5-16(2)6-10-18)11-21(34-20)30-14-36-24-22(30)23(27)28-13-29-24/h3-10,13-14,19-21H,11-12H2,1-2H3,(H2,27,28,29)/t19-,20+,21-/m0/s1. The predicted octanol–water partition coefficient (Wildman–Crippen LogP) is 4.58. The van der Waals surface area contributed by atoms with Crippen LogP contribution in [-0.4, -0.2) is 45.3 Å². The third kappa shape index (κ3) is 4.94. The van der Waals surface area contributed by atoms with Crippen molar-refractivity contribution in [3.05, 3.63) is 83.0 Å². The van der Waals surface area contributed by atoms with E-state index in [4.69, 9.17) is 19.9 Å². The minimum atomic E-state index is -0.668. The number of esters is 2. The number of aromatic nitrogens is 3. The number of hydrogen-bond acceptors (Lipinski definition) is 8. The van der Waals surface area contributed by atoms with Crippen molar-refractivity contribution in [1.82, 2.24) is 14.5 Å². The average molecular weight is 504 g/mol. The van der Waals surface area contributed by atoms with E-state index in [-0.39, 0.29) is 6.61 Å². The zero-order valence-electron chi connectivity index (χ0n) is 19.8. The van der Waals surface area contributed by atoms with Crippen molar-refractivity contribution in [2.24, 2.45) is 0 Å². The van der Waals surface area contributed by atoms with Gasteiger partial charge in [-0.15, -0.1) is 0 Å². The van der Waals surface area contributed by atoms with E-state index in [0.29, 0.717) is 28.9 Å². The first-order chi connectivity index (χ1) is 17.4. The number of ether oxygens (including phenoxy) is 3. The summed E-state index contributed by atoms with van der Waals surface area (Å²) in [5.74, 6) is 1.30. The van der Waals surface area contributed by atoms with Crippen molar-refractivity contribution in [3.63, 3.8) is 0 Å². The number of anilines is 1. The van der Waals surface area contributed by atoms with Gasteiger partial charge in [0.25, 0.3) is 0 Å². The Kier molecular flexibility index (Phi) is 6.67. The molecule has 0 saturated carbocycles. The summed E-state index contributed by atoms with van der Waals surface area (Å²) in [4.78, 5) is 33.9. The van der Waals surface area contributed by atoms with Crippen LogP contribution in [0.15, 0.2) is 60.8 Å². The highest BCUT2D eigenvalue weighted by Crippen LogP contribution is 2.37. The van der Waals surface area contributed by atoms with Gasteiger partial charge in [-0.2, -0.15) is 0 Å². The van der Waals surface area contributed by atoms with E-state index in [1.54, 1.807) is 24.3 Å². The van der Waals surface area contributed by atoms with Gasteiger partial charge in [-0.1, -0.05) is 35.4 Å². The van der Waals surface area contributed by atoms with Crippen LogP contribution in [0, 0.1) is 13.8 Å². The number of aryl methyl sites for hydroxylation is 2. The van der Waals surface area contributed by atoms with E-state index in [1.807, 2.05) is 48.6 Å². The largest absolute Gasteiger partial charge is 0.459 e. The normalized spacial score (nSPS) is 19.6. The number of fused-ring (bicyclic) bond motifs is 1. The molecule has 0 bridgehead atoms. The van der Waals surface area contributed by atoms with Crippen molar-refractivity contribution in [2.75, 3.05) is 12.3 Å². The van der Waals surface area contributed by atoms with Gasteiger partial charge in [0.1, 0.15) is 42.1 Å². The number of carbonyl (C=O) groups excluding carboxylic acids is 2. The van der Waals surface area contributed by atoms with Crippen LogP contribution in [0.4, 0.5) is 5.82 Å². The fourth-order valence-electron chi connectivity index (χ4n) is 4.09. The molecule has 2 aromatic heterocycles. The number of nitrogen functional groups attached to an aromatic ring is 1. The molecule has 5 rings (SSSR count). The van der Waals surface area contributed by atoms with Gasteiger partial charge in [0.15, 0.2) is 5.82 Å². The first kappa shape index (κ1) is 23.9. The molecule has 1 saturated heterocycles. The molecule has 0 unspecified atom stereocenters. The summed E-state index contributed by atoms with van der Waals surface area (Å²) in [7, 11) is 0.859. The molecule has 36 heavy (non-hydrogen) atoms. The van der Waals surface area contributed by atoms with Crippen molar-refractivity contribution >= 4 is 36.7 Å². The molecule has 1 aliphatic rings. The molecule has 0 spiro atoms. The van der Waals surface area contributed by atoms with Gasteiger partial charge in [-0.3, -0.25) is 0 Å².